The van der Waals surface area contributed by atoms with Gasteiger partial charge in [-0.25, -0.2) is 4.79 Å². The minimum absolute atomic E-state index is 0.0927. The van der Waals surface area contributed by atoms with Gasteiger partial charge in [0.15, 0.2) is 13.2 Å². The van der Waals surface area contributed by atoms with Crippen LogP contribution in [0.3, 0.4) is 0 Å². The Labute approximate surface area is 115 Å². The van der Waals surface area contributed by atoms with Crippen LogP contribution in [-0.2, 0) is 14.3 Å². The molecule has 1 aromatic carbocycles. The smallest absolute Gasteiger partial charge is 0.344 e. The number of hydrogen-bond donors (Lipinski definition) is 1. The Morgan fingerprint density at radius 1 is 1.37 bits per heavy atom. The molecule has 0 spiro atoms. The molecule has 1 N–H and O–H groups in total. The van der Waals surface area contributed by atoms with E-state index in [0.717, 1.165) is 0 Å². The van der Waals surface area contributed by atoms with Crippen molar-refractivity contribution in [1.29, 1.82) is 0 Å². The van der Waals surface area contributed by atoms with Gasteiger partial charge in [0, 0.05) is 5.02 Å². The Balaban J connectivity index is 2.25. The molecule has 1 aromatic rings. The summed E-state index contributed by atoms with van der Waals surface area (Å²) in [6.45, 7) is -0.600. The largest absolute Gasteiger partial charge is 0.482 e. The first kappa shape index (κ1) is 14.9. The van der Waals surface area contributed by atoms with Crippen LogP contribution in [0.25, 0.3) is 0 Å². The predicted octanol–water partition coefficient (Wildman–Crippen LogP) is 1.01. The summed E-state index contributed by atoms with van der Waals surface area (Å²) in [6.07, 6.45) is 4.95. The van der Waals surface area contributed by atoms with Gasteiger partial charge >= 0.3 is 5.97 Å². The summed E-state index contributed by atoms with van der Waals surface area (Å²) in [6, 6.07) is 6.59. The lowest BCUT2D eigenvalue weighted by atomic mass is 10.3. The second-order valence-corrected chi connectivity index (χ2v) is 3.82. The van der Waals surface area contributed by atoms with Crippen molar-refractivity contribution >= 4 is 23.5 Å². The fraction of sp³-hybridized carbons (Fsp3) is 0.231. The average Bonchev–Trinajstić information content (AvgIpc) is 2.40. The third kappa shape index (κ3) is 6.34. The molecule has 19 heavy (non-hydrogen) atoms. The number of hydrogen-bond acceptors (Lipinski definition) is 4. The standard InChI is InChI=1S/C13H12ClNO4/c1-2-6-15-12(16)8-19-13(17)9-18-11-5-3-4-10(14)7-11/h1,3-5,7H,6,8-9H2,(H,15,16). The van der Waals surface area contributed by atoms with Gasteiger partial charge < -0.3 is 14.8 Å². The summed E-state index contributed by atoms with van der Waals surface area (Å²) in [5.74, 6) is 1.55. The molecule has 0 radical (unpaired) electrons. The van der Waals surface area contributed by atoms with E-state index in [0.29, 0.717) is 10.8 Å². The van der Waals surface area contributed by atoms with Crippen molar-refractivity contribution in [3.8, 4) is 18.1 Å². The maximum atomic E-state index is 11.3. The van der Waals surface area contributed by atoms with Crippen LogP contribution in [0, 0.1) is 12.3 Å². The van der Waals surface area contributed by atoms with Gasteiger partial charge in [0.1, 0.15) is 5.75 Å². The second-order valence-electron chi connectivity index (χ2n) is 3.39. The molecule has 100 valence electrons. The van der Waals surface area contributed by atoms with Crippen molar-refractivity contribution in [3.05, 3.63) is 29.3 Å². The molecule has 0 bridgehead atoms. The van der Waals surface area contributed by atoms with Gasteiger partial charge in [-0.05, 0) is 18.2 Å². The minimum atomic E-state index is -0.657. The molecule has 0 aliphatic heterocycles. The van der Waals surface area contributed by atoms with Crippen molar-refractivity contribution in [2.45, 2.75) is 0 Å². The number of carbonyl (C=O) groups excluding carboxylic acids is 2. The maximum absolute atomic E-state index is 11.3. The Hall–Kier alpha value is -2.19. The number of benzene rings is 1. The summed E-state index contributed by atoms with van der Waals surface area (Å²) in [5, 5.41) is 2.86. The molecule has 1 rings (SSSR count). The number of nitrogens with one attached hydrogen (secondary N) is 1. The first-order valence-electron chi connectivity index (χ1n) is 5.36. The summed E-state index contributed by atoms with van der Waals surface area (Å²) < 4.78 is 9.81. The van der Waals surface area contributed by atoms with E-state index in [1.807, 2.05) is 0 Å². The monoisotopic (exact) mass is 281 g/mol. The lowest BCUT2D eigenvalue weighted by Crippen LogP contribution is -2.30. The van der Waals surface area contributed by atoms with Crippen molar-refractivity contribution in [1.82, 2.24) is 5.32 Å². The molecule has 0 fully saturated rings. The zero-order valence-corrected chi connectivity index (χ0v) is 10.8. The lowest BCUT2D eigenvalue weighted by Gasteiger charge is -2.07. The average molecular weight is 282 g/mol. The highest BCUT2D eigenvalue weighted by Crippen LogP contribution is 2.16. The van der Waals surface area contributed by atoms with Gasteiger partial charge in [0.2, 0.25) is 0 Å². The zero-order valence-electron chi connectivity index (χ0n) is 10.0. The quantitative estimate of drug-likeness (QED) is 0.624. The van der Waals surface area contributed by atoms with Crippen LogP contribution in [0.15, 0.2) is 24.3 Å². The number of amides is 1. The number of ether oxygens (including phenoxy) is 2. The van der Waals surface area contributed by atoms with Crippen LogP contribution >= 0.6 is 11.6 Å². The van der Waals surface area contributed by atoms with Gasteiger partial charge in [-0.1, -0.05) is 23.6 Å². The van der Waals surface area contributed by atoms with E-state index in [2.05, 4.69) is 16.0 Å². The molecule has 0 saturated heterocycles. The van der Waals surface area contributed by atoms with Gasteiger partial charge in [-0.2, -0.15) is 0 Å². The zero-order chi connectivity index (χ0) is 14.1. The maximum Gasteiger partial charge on any atom is 0.344 e. The SMILES string of the molecule is C#CCNC(=O)COC(=O)COc1cccc(Cl)c1. The number of esters is 1. The number of halogens is 1. The summed E-state index contributed by atoms with van der Waals surface area (Å²) in [5.41, 5.74) is 0. The van der Waals surface area contributed by atoms with Crippen LogP contribution in [-0.4, -0.2) is 31.6 Å². The Morgan fingerprint density at radius 2 is 2.16 bits per heavy atom. The van der Waals surface area contributed by atoms with E-state index in [4.69, 9.17) is 22.8 Å². The third-order valence-electron chi connectivity index (χ3n) is 1.90. The summed E-state index contributed by atoms with van der Waals surface area (Å²) in [4.78, 5) is 22.4. The molecular formula is C13H12ClNO4. The van der Waals surface area contributed by atoms with Crippen molar-refractivity contribution in [2.24, 2.45) is 0 Å². The van der Waals surface area contributed by atoms with Crippen molar-refractivity contribution in [3.63, 3.8) is 0 Å². The lowest BCUT2D eigenvalue weighted by molar-refractivity contribution is -0.150. The minimum Gasteiger partial charge on any atom is -0.482 e. The first-order valence-corrected chi connectivity index (χ1v) is 5.74. The molecule has 5 nitrogen and oxygen atoms in total. The van der Waals surface area contributed by atoms with Gasteiger partial charge in [-0.15, -0.1) is 6.42 Å². The Bertz CT molecular complexity index is 496. The second kappa shape index (κ2) is 8.01. The molecule has 6 heteroatoms. The molecule has 0 saturated carbocycles. The fourth-order valence-electron chi connectivity index (χ4n) is 1.09. The molecule has 0 heterocycles. The summed E-state index contributed by atoms with van der Waals surface area (Å²) in [7, 11) is 0. The summed E-state index contributed by atoms with van der Waals surface area (Å²) >= 11 is 5.75. The molecule has 1 amide bonds. The molecule has 0 atom stereocenters. The fourth-order valence-corrected chi connectivity index (χ4v) is 1.27. The highest BCUT2D eigenvalue weighted by Gasteiger charge is 2.07. The van der Waals surface area contributed by atoms with Gasteiger partial charge in [-0.3, -0.25) is 4.79 Å². The van der Waals surface area contributed by atoms with Crippen LogP contribution < -0.4 is 10.1 Å². The van der Waals surface area contributed by atoms with E-state index in [1.54, 1.807) is 24.3 Å². The van der Waals surface area contributed by atoms with Gasteiger partial charge in [0.05, 0.1) is 6.54 Å². The molecule has 0 aliphatic carbocycles. The van der Waals surface area contributed by atoms with Gasteiger partial charge in [0.25, 0.3) is 5.91 Å². The van der Waals surface area contributed by atoms with E-state index >= 15 is 0 Å². The normalized spacial score (nSPS) is 9.26. The highest BCUT2D eigenvalue weighted by molar-refractivity contribution is 6.30. The Kier molecular flexibility index (Phi) is 6.27. The number of carbonyl (C=O) groups is 2. The molecule has 0 aromatic heterocycles. The van der Waals surface area contributed by atoms with Crippen LogP contribution in [0.4, 0.5) is 0 Å². The predicted molar refractivity (Wildman–Crippen MR) is 69.7 cm³/mol. The van der Waals surface area contributed by atoms with Crippen LogP contribution in [0.1, 0.15) is 0 Å². The molecular weight excluding hydrogens is 270 g/mol. The molecule has 0 aliphatic rings. The topological polar surface area (TPSA) is 64.6 Å². The first-order chi connectivity index (χ1) is 9.11. The van der Waals surface area contributed by atoms with E-state index in [9.17, 15) is 9.59 Å². The molecule has 0 unspecified atom stereocenters. The number of rotatable bonds is 6. The van der Waals surface area contributed by atoms with Crippen molar-refractivity contribution in [2.75, 3.05) is 19.8 Å². The highest BCUT2D eigenvalue weighted by atomic mass is 35.5. The van der Waals surface area contributed by atoms with Crippen LogP contribution in [0.5, 0.6) is 5.75 Å². The van der Waals surface area contributed by atoms with Crippen LogP contribution in [0.2, 0.25) is 5.02 Å². The van der Waals surface area contributed by atoms with E-state index < -0.39 is 11.9 Å². The number of terminal acetylenes is 1. The van der Waals surface area contributed by atoms with E-state index in [1.165, 1.54) is 0 Å². The van der Waals surface area contributed by atoms with Crippen molar-refractivity contribution < 1.29 is 19.1 Å². The third-order valence-corrected chi connectivity index (χ3v) is 2.14. The van der Waals surface area contributed by atoms with E-state index in [-0.39, 0.29) is 19.8 Å². The Morgan fingerprint density at radius 3 is 2.84 bits per heavy atom.